The minimum atomic E-state index is 0.794. The zero-order valence-corrected chi connectivity index (χ0v) is 6.31. The van der Waals surface area contributed by atoms with Crippen molar-refractivity contribution in [3.63, 3.8) is 0 Å². The van der Waals surface area contributed by atoms with Crippen LogP contribution in [0.25, 0.3) is 11.1 Å². The monoisotopic (exact) mass is 159 g/mol. The van der Waals surface area contributed by atoms with E-state index in [-0.39, 0.29) is 0 Å². The van der Waals surface area contributed by atoms with Crippen molar-refractivity contribution in [1.82, 2.24) is 9.94 Å². The lowest BCUT2D eigenvalue weighted by atomic mass is 10.1. The Morgan fingerprint density at radius 2 is 2.33 bits per heavy atom. The molecule has 0 spiro atoms. The van der Waals surface area contributed by atoms with Crippen LogP contribution >= 0.6 is 0 Å². The average molecular weight is 159 g/mol. The number of hydrogen-bond acceptors (Lipinski definition) is 2. The van der Waals surface area contributed by atoms with Crippen molar-refractivity contribution < 1.29 is 5.21 Å². The van der Waals surface area contributed by atoms with Gasteiger partial charge in [-0.1, -0.05) is 18.2 Å². The Balaban J connectivity index is 2.45. The standard InChI is InChI=1S/C9H7N2O/c12-11-7-9(6-10-11)8-4-2-1-3-5-8/h1-2,4-7,12H. The molecule has 1 radical (unpaired) electrons. The maximum atomic E-state index is 8.91. The molecule has 0 amide bonds. The molecule has 2 rings (SSSR count). The molecule has 1 aromatic carbocycles. The van der Waals surface area contributed by atoms with E-state index in [4.69, 9.17) is 5.21 Å². The van der Waals surface area contributed by atoms with Gasteiger partial charge in [0, 0.05) is 5.56 Å². The van der Waals surface area contributed by atoms with Crippen LogP contribution in [0.2, 0.25) is 0 Å². The van der Waals surface area contributed by atoms with Crippen LogP contribution in [0.5, 0.6) is 0 Å². The maximum Gasteiger partial charge on any atom is 0.0742 e. The molecule has 0 saturated carbocycles. The number of hydrogen-bond donors (Lipinski definition) is 1. The van der Waals surface area contributed by atoms with Gasteiger partial charge in [-0.15, -0.1) is 9.94 Å². The van der Waals surface area contributed by atoms with Gasteiger partial charge in [-0.05, 0) is 17.7 Å². The Hall–Kier alpha value is -1.77. The molecule has 0 unspecified atom stereocenters. The number of nitrogens with zero attached hydrogens (tertiary/aromatic N) is 2. The van der Waals surface area contributed by atoms with E-state index in [1.54, 1.807) is 12.4 Å². The molecule has 3 nitrogen and oxygen atoms in total. The van der Waals surface area contributed by atoms with Crippen LogP contribution in [-0.2, 0) is 0 Å². The fourth-order valence-corrected chi connectivity index (χ4v) is 1.03. The van der Waals surface area contributed by atoms with Gasteiger partial charge in [-0.2, -0.15) is 0 Å². The third kappa shape index (κ3) is 1.16. The van der Waals surface area contributed by atoms with Gasteiger partial charge in [0.25, 0.3) is 0 Å². The van der Waals surface area contributed by atoms with Crippen LogP contribution in [0.3, 0.4) is 0 Å². The summed E-state index contributed by atoms with van der Waals surface area (Å²) in [5, 5.41) is 12.6. The minimum absolute atomic E-state index is 0.794. The molecule has 0 atom stereocenters. The van der Waals surface area contributed by atoms with Gasteiger partial charge < -0.3 is 5.21 Å². The van der Waals surface area contributed by atoms with E-state index < -0.39 is 0 Å². The first-order chi connectivity index (χ1) is 5.86. The van der Waals surface area contributed by atoms with Gasteiger partial charge in [-0.25, -0.2) is 0 Å². The Labute approximate surface area is 69.8 Å². The van der Waals surface area contributed by atoms with Crippen LogP contribution in [-0.4, -0.2) is 15.2 Å². The molecule has 0 bridgehead atoms. The van der Waals surface area contributed by atoms with Gasteiger partial charge in [0.15, 0.2) is 0 Å². The summed E-state index contributed by atoms with van der Waals surface area (Å²) >= 11 is 0. The number of benzene rings is 1. The van der Waals surface area contributed by atoms with Crippen LogP contribution < -0.4 is 0 Å². The van der Waals surface area contributed by atoms with Gasteiger partial charge in [0.1, 0.15) is 0 Å². The van der Waals surface area contributed by atoms with Crippen molar-refractivity contribution in [2.24, 2.45) is 0 Å². The SMILES string of the molecule is On1cc(-c2c[c]ccc2)cn1. The first-order valence-electron chi connectivity index (χ1n) is 3.57. The van der Waals surface area contributed by atoms with Gasteiger partial charge in [0.05, 0.1) is 12.4 Å². The van der Waals surface area contributed by atoms with E-state index in [1.165, 1.54) is 0 Å². The zero-order chi connectivity index (χ0) is 8.39. The molecule has 0 aliphatic rings. The predicted octanol–water partition coefficient (Wildman–Crippen LogP) is 1.59. The second-order valence-corrected chi connectivity index (χ2v) is 2.44. The van der Waals surface area contributed by atoms with Crippen molar-refractivity contribution in [2.75, 3.05) is 0 Å². The summed E-state index contributed by atoms with van der Waals surface area (Å²) < 4.78 is 0. The lowest BCUT2D eigenvalue weighted by Gasteiger charge is -1.92. The first-order valence-corrected chi connectivity index (χ1v) is 3.57. The summed E-state index contributed by atoms with van der Waals surface area (Å²) in [5.41, 5.74) is 1.88. The van der Waals surface area contributed by atoms with Crippen molar-refractivity contribution >= 4 is 0 Å². The third-order valence-electron chi connectivity index (χ3n) is 1.61. The summed E-state index contributed by atoms with van der Waals surface area (Å²) in [4.78, 5) is 0.794. The number of aromatic nitrogens is 2. The summed E-state index contributed by atoms with van der Waals surface area (Å²) in [7, 11) is 0. The first kappa shape index (κ1) is 6.91. The minimum Gasteiger partial charge on any atom is -0.412 e. The zero-order valence-electron chi connectivity index (χ0n) is 6.31. The molecule has 59 valence electrons. The van der Waals surface area contributed by atoms with Crippen LogP contribution in [0.15, 0.2) is 36.7 Å². The van der Waals surface area contributed by atoms with E-state index in [1.807, 2.05) is 24.3 Å². The second-order valence-electron chi connectivity index (χ2n) is 2.44. The molecule has 0 saturated heterocycles. The highest BCUT2D eigenvalue weighted by molar-refractivity contribution is 5.60. The molecule has 2 aromatic rings. The molecular formula is C9H7N2O. The van der Waals surface area contributed by atoms with Crippen molar-refractivity contribution in [2.45, 2.75) is 0 Å². The van der Waals surface area contributed by atoms with Crippen LogP contribution in [0.1, 0.15) is 0 Å². The third-order valence-corrected chi connectivity index (χ3v) is 1.61. The Bertz CT molecular complexity index is 367. The van der Waals surface area contributed by atoms with Crippen molar-refractivity contribution in [3.05, 3.63) is 42.7 Å². The highest BCUT2D eigenvalue weighted by Gasteiger charge is 1.98. The summed E-state index contributed by atoms with van der Waals surface area (Å²) in [6, 6.07) is 10.5. The molecule has 1 heterocycles. The highest BCUT2D eigenvalue weighted by atomic mass is 16.5. The molecular weight excluding hydrogens is 152 g/mol. The summed E-state index contributed by atoms with van der Waals surface area (Å²) in [6.45, 7) is 0. The van der Waals surface area contributed by atoms with Gasteiger partial charge in [-0.3, -0.25) is 0 Å². The van der Waals surface area contributed by atoms with Crippen molar-refractivity contribution in [3.8, 4) is 11.1 Å². The number of rotatable bonds is 1. The normalized spacial score (nSPS) is 10.0. The van der Waals surface area contributed by atoms with E-state index in [0.717, 1.165) is 16.0 Å². The van der Waals surface area contributed by atoms with Crippen LogP contribution in [0, 0.1) is 6.07 Å². The van der Waals surface area contributed by atoms with Gasteiger partial charge in [0.2, 0.25) is 0 Å². The van der Waals surface area contributed by atoms with E-state index in [9.17, 15) is 0 Å². The molecule has 0 aliphatic carbocycles. The van der Waals surface area contributed by atoms with E-state index >= 15 is 0 Å². The highest BCUT2D eigenvalue weighted by Crippen LogP contribution is 2.16. The van der Waals surface area contributed by atoms with Gasteiger partial charge >= 0.3 is 0 Å². The molecule has 0 aliphatic heterocycles. The molecule has 0 fully saturated rings. The average Bonchev–Trinajstić information content (AvgIpc) is 2.54. The van der Waals surface area contributed by atoms with Crippen LogP contribution in [0.4, 0.5) is 0 Å². The smallest absolute Gasteiger partial charge is 0.0742 e. The summed E-state index contributed by atoms with van der Waals surface area (Å²) in [5.74, 6) is 0. The fraction of sp³-hybridized carbons (Fsp3) is 0. The summed E-state index contributed by atoms with van der Waals surface area (Å²) in [6.07, 6.45) is 3.15. The Morgan fingerprint density at radius 1 is 1.42 bits per heavy atom. The molecule has 1 N–H and O–H groups in total. The Morgan fingerprint density at radius 3 is 2.92 bits per heavy atom. The maximum absolute atomic E-state index is 8.91. The largest absolute Gasteiger partial charge is 0.412 e. The van der Waals surface area contributed by atoms with Crippen molar-refractivity contribution in [1.29, 1.82) is 0 Å². The van der Waals surface area contributed by atoms with E-state index in [2.05, 4.69) is 11.2 Å². The Kier molecular flexibility index (Phi) is 1.55. The molecule has 3 heteroatoms. The lowest BCUT2D eigenvalue weighted by molar-refractivity contribution is 0.149. The predicted molar refractivity (Wildman–Crippen MR) is 43.7 cm³/mol. The second kappa shape index (κ2) is 2.70. The molecule has 1 aromatic heterocycles. The fourth-order valence-electron chi connectivity index (χ4n) is 1.03. The molecule has 12 heavy (non-hydrogen) atoms. The quantitative estimate of drug-likeness (QED) is 0.641. The lowest BCUT2D eigenvalue weighted by Crippen LogP contribution is -1.86. The topological polar surface area (TPSA) is 38.0 Å². The van der Waals surface area contributed by atoms with E-state index in [0.29, 0.717) is 0 Å².